The Morgan fingerprint density at radius 2 is 1.67 bits per heavy atom. The van der Waals surface area contributed by atoms with Crippen molar-refractivity contribution in [2.75, 3.05) is 7.11 Å². The number of rotatable bonds is 2. The number of hydrogen-bond acceptors (Lipinski definition) is 2. The van der Waals surface area contributed by atoms with E-state index in [2.05, 4.69) is 4.98 Å². The molecule has 0 amide bonds. The summed E-state index contributed by atoms with van der Waals surface area (Å²) in [7, 11) is 1.37. The molecule has 0 atom stereocenters. The lowest BCUT2D eigenvalue weighted by molar-refractivity contribution is 0.387. The largest absolute Gasteiger partial charge is 0.493 e. The Labute approximate surface area is 118 Å². The highest BCUT2D eigenvalue weighted by molar-refractivity contribution is 6.44. The van der Waals surface area contributed by atoms with E-state index in [4.69, 9.17) is 39.5 Å². The van der Waals surface area contributed by atoms with E-state index < -0.39 is 5.82 Å². The lowest BCUT2D eigenvalue weighted by Crippen LogP contribution is -1.94. The third-order valence-corrected chi connectivity index (χ3v) is 3.39. The molecule has 0 fully saturated rings. The minimum Gasteiger partial charge on any atom is -0.493 e. The SMILES string of the molecule is COc1c(F)cncc1-c1cc(Cl)c(Cl)cc1Cl. The lowest BCUT2D eigenvalue weighted by Gasteiger charge is -2.11. The van der Waals surface area contributed by atoms with Gasteiger partial charge in [-0.2, -0.15) is 0 Å². The molecule has 0 aliphatic heterocycles. The zero-order valence-corrected chi connectivity index (χ0v) is 11.4. The van der Waals surface area contributed by atoms with Gasteiger partial charge in [0.2, 0.25) is 0 Å². The molecule has 18 heavy (non-hydrogen) atoms. The first kappa shape index (κ1) is 13.4. The summed E-state index contributed by atoms with van der Waals surface area (Å²) in [5.74, 6) is -0.512. The van der Waals surface area contributed by atoms with Gasteiger partial charge in [0.1, 0.15) is 0 Å². The van der Waals surface area contributed by atoms with Crippen molar-refractivity contribution < 1.29 is 9.13 Å². The van der Waals surface area contributed by atoms with E-state index in [0.717, 1.165) is 6.20 Å². The highest BCUT2D eigenvalue weighted by Gasteiger charge is 2.15. The molecule has 0 bridgehead atoms. The predicted molar refractivity (Wildman–Crippen MR) is 71.2 cm³/mol. The van der Waals surface area contributed by atoms with E-state index in [0.29, 0.717) is 26.2 Å². The molecule has 0 aliphatic carbocycles. The first-order valence-corrected chi connectivity index (χ1v) is 6.00. The van der Waals surface area contributed by atoms with Gasteiger partial charge in [0.15, 0.2) is 11.6 Å². The summed E-state index contributed by atoms with van der Waals surface area (Å²) in [6.45, 7) is 0. The highest BCUT2D eigenvalue weighted by Crippen LogP contribution is 2.39. The van der Waals surface area contributed by atoms with Gasteiger partial charge in [-0.25, -0.2) is 4.39 Å². The summed E-state index contributed by atoms with van der Waals surface area (Å²) in [4.78, 5) is 3.77. The van der Waals surface area contributed by atoms with Crippen LogP contribution in [0.25, 0.3) is 11.1 Å². The molecule has 0 saturated heterocycles. The topological polar surface area (TPSA) is 22.1 Å². The number of ether oxygens (including phenoxy) is 1. The monoisotopic (exact) mass is 305 g/mol. The zero-order chi connectivity index (χ0) is 13.3. The number of benzene rings is 1. The molecule has 0 aliphatic rings. The van der Waals surface area contributed by atoms with Crippen LogP contribution >= 0.6 is 34.8 Å². The van der Waals surface area contributed by atoms with Crippen molar-refractivity contribution in [1.29, 1.82) is 0 Å². The Kier molecular flexibility index (Phi) is 3.95. The Hall–Kier alpha value is -1.03. The molecular formula is C12H7Cl3FNO. The summed E-state index contributed by atoms with van der Waals surface area (Å²) < 4.78 is 18.6. The van der Waals surface area contributed by atoms with Gasteiger partial charge >= 0.3 is 0 Å². The molecule has 1 aromatic heterocycles. The van der Waals surface area contributed by atoms with Gasteiger partial charge in [-0.3, -0.25) is 4.98 Å². The molecule has 1 aromatic carbocycles. The summed E-state index contributed by atoms with van der Waals surface area (Å²) in [6.07, 6.45) is 2.52. The van der Waals surface area contributed by atoms with E-state index in [-0.39, 0.29) is 5.75 Å². The fourth-order valence-corrected chi connectivity index (χ4v) is 2.20. The Balaban J connectivity index is 2.69. The van der Waals surface area contributed by atoms with Gasteiger partial charge in [0, 0.05) is 17.3 Å². The molecular weight excluding hydrogens is 299 g/mol. The molecule has 0 spiro atoms. The number of methoxy groups -OCH3 is 1. The second-order valence-electron chi connectivity index (χ2n) is 3.45. The van der Waals surface area contributed by atoms with E-state index in [9.17, 15) is 4.39 Å². The smallest absolute Gasteiger partial charge is 0.183 e. The predicted octanol–water partition coefficient (Wildman–Crippen LogP) is 4.86. The summed E-state index contributed by atoms with van der Waals surface area (Å²) in [5, 5.41) is 0.992. The number of nitrogens with zero attached hydrogens (tertiary/aromatic N) is 1. The van der Waals surface area contributed by atoms with E-state index in [1.54, 1.807) is 6.07 Å². The third-order valence-electron chi connectivity index (χ3n) is 2.36. The molecule has 2 aromatic rings. The fraction of sp³-hybridized carbons (Fsp3) is 0.0833. The average Bonchev–Trinajstić information content (AvgIpc) is 2.33. The maximum atomic E-state index is 13.6. The van der Waals surface area contributed by atoms with Crippen molar-refractivity contribution >= 4 is 34.8 Å². The van der Waals surface area contributed by atoms with Crippen LogP contribution in [0.3, 0.4) is 0 Å². The molecule has 2 rings (SSSR count). The van der Waals surface area contributed by atoms with Crippen LogP contribution in [0.4, 0.5) is 4.39 Å². The Morgan fingerprint density at radius 3 is 2.33 bits per heavy atom. The van der Waals surface area contributed by atoms with Crippen LogP contribution in [0, 0.1) is 5.82 Å². The average molecular weight is 307 g/mol. The minimum absolute atomic E-state index is 0.0605. The molecule has 0 N–H and O–H groups in total. The molecule has 0 unspecified atom stereocenters. The third kappa shape index (κ3) is 2.39. The van der Waals surface area contributed by atoms with Gasteiger partial charge in [-0.15, -0.1) is 0 Å². The summed E-state index contributed by atoms with van der Waals surface area (Å²) >= 11 is 17.8. The molecule has 6 heteroatoms. The van der Waals surface area contributed by atoms with Crippen molar-refractivity contribution in [2.45, 2.75) is 0 Å². The number of pyridine rings is 1. The lowest BCUT2D eigenvalue weighted by atomic mass is 10.1. The van der Waals surface area contributed by atoms with Crippen LogP contribution < -0.4 is 4.74 Å². The quantitative estimate of drug-likeness (QED) is 0.739. The van der Waals surface area contributed by atoms with E-state index in [1.807, 2.05) is 0 Å². The fourth-order valence-electron chi connectivity index (χ4n) is 1.55. The van der Waals surface area contributed by atoms with Gasteiger partial charge in [0.05, 0.1) is 28.4 Å². The van der Waals surface area contributed by atoms with Crippen molar-refractivity contribution in [3.8, 4) is 16.9 Å². The van der Waals surface area contributed by atoms with Crippen molar-refractivity contribution in [3.05, 3.63) is 45.4 Å². The van der Waals surface area contributed by atoms with Crippen LogP contribution in [0.15, 0.2) is 24.5 Å². The molecule has 2 nitrogen and oxygen atoms in total. The van der Waals surface area contributed by atoms with Crippen molar-refractivity contribution in [3.63, 3.8) is 0 Å². The van der Waals surface area contributed by atoms with Crippen LogP contribution in [0.1, 0.15) is 0 Å². The first-order chi connectivity index (χ1) is 8.54. The molecule has 1 heterocycles. The zero-order valence-electron chi connectivity index (χ0n) is 9.18. The maximum Gasteiger partial charge on any atom is 0.183 e. The normalized spacial score (nSPS) is 10.5. The first-order valence-electron chi connectivity index (χ1n) is 4.87. The Morgan fingerprint density at radius 1 is 1.00 bits per heavy atom. The van der Waals surface area contributed by atoms with Crippen LogP contribution in [-0.2, 0) is 0 Å². The highest BCUT2D eigenvalue weighted by atomic mass is 35.5. The molecule has 0 saturated carbocycles. The number of halogens is 4. The van der Waals surface area contributed by atoms with Gasteiger partial charge in [0.25, 0.3) is 0 Å². The van der Waals surface area contributed by atoms with Gasteiger partial charge in [-0.05, 0) is 12.1 Å². The van der Waals surface area contributed by atoms with Crippen LogP contribution in [0.2, 0.25) is 15.1 Å². The van der Waals surface area contributed by atoms with Crippen LogP contribution in [-0.4, -0.2) is 12.1 Å². The second kappa shape index (κ2) is 5.31. The van der Waals surface area contributed by atoms with E-state index in [1.165, 1.54) is 19.4 Å². The standard InChI is InChI=1S/C12H7Cl3FNO/c1-18-12-7(4-17-5-11(12)16)6-2-9(14)10(15)3-8(6)13/h2-5H,1H3. The maximum absolute atomic E-state index is 13.6. The van der Waals surface area contributed by atoms with Crippen molar-refractivity contribution in [2.24, 2.45) is 0 Å². The Bertz CT molecular complexity index is 604. The van der Waals surface area contributed by atoms with Crippen molar-refractivity contribution in [1.82, 2.24) is 4.98 Å². The number of aromatic nitrogens is 1. The minimum atomic E-state index is -0.572. The number of hydrogen-bond donors (Lipinski definition) is 0. The van der Waals surface area contributed by atoms with Gasteiger partial charge in [-0.1, -0.05) is 34.8 Å². The van der Waals surface area contributed by atoms with Crippen LogP contribution in [0.5, 0.6) is 5.75 Å². The molecule has 94 valence electrons. The van der Waals surface area contributed by atoms with E-state index >= 15 is 0 Å². The summed E-state index contributed by atoms with van der Waals surface area (Å²) in [6, 6.07) is 3.04. The van der Waals surface area contributed by atoms with Gasteiger partial charge < -0.3 is 4.74 Å². The molecule has 0 radical (unpaired) electrons. The summed E-state index contributed by atoms with van der Waals surface area (Å²) in [5.41, 5.74) is 0.927. The second-order valence-corrected chi connectivity index (χ2v) is 4.67.